The number of hydrogen-bond acceptors (Lipinski definition) is 3. The van der Waals surface area contributed by atoms with Gasteiger partial charge in [0.25, 0.3) is 0 Å². The summed E-state index contributed by atoms with van der Waals surface area (Å²) in [5.41, 5.74) is 1.95. The molecular weight excluding hydrogens is 248 g/mol. The molecule has 0 saturated heterocycles. The summed E-state index contributed by atoms with van der Waals surface area (Å²) in [7, 11) is 0. The predicted octanol–water partition coefficient (Wildman–Crippen LogP) is 3.80. The minimum Gasteiger partial charge on any atom is -0.492 e. The summed E-state index contributed by atoms with van der Waals surface area (Å²) in [5, 5.41) is 12.6. The highest BCUT2D eigenvalue weighted by molar-refractivity contribution is 5.56. The molecular formula is C17H18N2O. The van der Waals surface area contributed by atoms with Crippen molar-refractivity contribution in [1.29, 1.82) is 5.26 Å². The van der Waals surface area contributed by atoms with Crippen LogP contribution < -0.4 is 10.1 Å². The van der Waals surface area contributed by atoms with Crippen LogP contribution in [0.1, 0.15) is 18.4 Å². The molecule has 0 saturated carbocycles. The third-order valence-electron chi connectivity index (χ3n) is 3.04. The molecule has 0 aliphatic heterocycles. The van der Waals surface area contributed by atoms with Crippen molar-refractivity contribution in [3.8, 4) is 11.8 Å². The zero-order valence-corrected chi connectivity index (χ0v) is 11.5. The van der Waals surface area contributed by atoms with Crippen LogP contribution in [0.4, 0.5) is 5.69 Å². The fourth-order valence-electron chi connectivity index (χ4n) is 2.03. The highest BCUT2D eigenvalue weighted by atomic mass is 16.5. The average Bonchev–Trinajstić information content (AvgIpc) is 2.51. The third kappa shape index (κ3) is 3.52. The smallest absolute Gasteiger partial charge is 0.142 e. The fraction of sp³-hybridized carbons (Fsp3) is 0.235. The maximum atomic E-state index is 9.31. The van der Waals surface area contributed by atoms with Crippen molar-refractivity contribution in [2.75, 3.05) is 18.5 Å². The van der Waals surface area contributed by atoms with Gasteiger partial charge in [-0.15, -0.1) is 0 Å². The van der Waals surface area contributed by atoms with Crippen molar-refractivity contribution in [3.05, 3.63) is 60.2 Å². The first-order chi connectivity index (χ1) is 9.85. The summed E-state index contributed by atoms with van der Waals surface area (Å²) < 4.78 is 5.56. The topological polar surface area (TPSA) is 45.0 Å². The van der Waals surface area contributed by atoms with Gasteiger partial charge in [-0.25, -0.2) is 0 Å². The van der Waals surface area contributed by atoms with Crippen LogP contribution in [0.15, 0.2) is 54.6 Å². The zero-order chi connectivity index (χ0) is 14.2. The molecule has 2 rings (SSSR count). The quantitative estimate of drug-likeness (QED) is 0.864. The van der Waals surface area contributed by atoms with Crippen molar-refractivity contribution in [2.24, 2.45) is 0 Å². The fourth-order valence-corrected chi connectivity index (χ4v) is 2.03. The van der Waals surface area contributed by atoms with Gasteiger partial charge in [-0.2, -0.15) is 5.26 Å². The largest absolute Gasteiger partial charge is 0.492 e. The van der Waals surface area contributed by atoms with E-state index in [4.69, 9.17) is 4.74 Å². The van der Waals surface area contributed by atoms with E-state index in [2.05, 4.69) is 11.4 Å². The number of nitriles is 1. The molecule has 0 fully saturated rings. The van der Waals surface area contributed by atoms with E-state index in [0.29, 0.717) is 13.2 Å². The predicted molar refractivity (Wildman–Crippen MR) is 80.9 cm³/mol. The Morgan fingerprint density at radius 3 is 2.50 bits per heavy atom. The molecule has 0 bridgehead atoms. The van der Waals surface area contributed by atoms with Gasteiger partial charge in [0, 0.05) is 6.54 Å². The van der Waals surface area contributed by atoms with E-state index in [1.165, 1.54) is 0 Å². The highest BCUT2D eigenvalue weighted by Gasteiger charge is 2.11. The van der Waals surface area contributed by atoms with E-state index >= 15 is 0 Å². The van der Waals surface area contributed by atoms with Crippen molar-refractivity contribution < 1.29 is 4.74 Å². The summed E-state index contributed by atoms with van der Waals surface area (Å²) in [6.07, 6.45) is 0. The van der Waals surface area contributed by atoms with Crippen LogP contribution in [0.2, 0.25) is 0 Å². The Hall–Kier alpha value is -2.47. The maximum Gasteiger partial charge on any atom is 0.142 e. The van der Waals surface area contributed by atoms with Gasteiger partial charge < -0.3 is 10.1 Å². The van der Waals surface area contributed by atoms with Crippen LogP contribution in [0.5, 0.6) is 5.75 Å². The molecule has 3 heteroatoms. The SMILES string of the molecule is CCOc1ccccc1NCC(C#N)c1ccccc1. The van der Waals surface area contributed by atoms with E-state index in [0.717, 1.165) is 17.0 Å². The second kappa shape index (κ2) is 7.20. The number of ether oxygens (including phenoxy) is 1. The standard InChI is InChI=1S/C17H18N2O/c1-2-20-17-11-7-6-10-16(17)19-13-15(12-18)14-8-4-3-5-9-14/h3-11,15,19H,2,13H2,1H3. The maximum absolute atomic E-state index is 9.31. The van der Waals surface area contributed by atoms with Gasteiger partial charge in [0.1, 0.15) is 5.75 Å². The Morgan fingerprint density at radius 1 is 1.10 bits per heavy atom. The van der Waals surface area contributed by atoms with Crippen LogP contribution in [0.3, 0.4) is 0 Å². The third-order valence-corrected chi connectivity index (χ3v) is 3.04. The molecule has 2 aromatic rings. The number of hydrogen-bond donors (Lipinski definition) is 1. The normalized spacial score (nSPS) is 11.4. The lowest BCUT2D eigenvalue weighted by Crippen LogP contribution is -2.12. The lowest BCUT2D eigenvalue weighted by Gasteiger charge is -2.15. The summed E-state index contributed by atoms with van der Waals surface area (Å²) in [4.78, 5) is 0. The van der Waals surface area contributed by atoms with Crippen molar-refractivity contribution in [3.63, 3.8) is 0 Å². The second-order valence-corrected chi connectivity index (χ2v) is 4.40. The molecule has 0 radical (unpaired) electrons. The first-order valence-electron chi connectivity index (χ1n) is 6.75. The van der Waals surface area contributed by atoms with Gasteiger partial charge in [0.2, 0.25) is 0 Å². The Labute approximate surface area is 119 Å². The van der Waals surface area contributed by atoms with E-state index in [1.54, 1.807) is 0 Å². The number of rotatable bonds is 6. The first kappa shape index (κ1) is 14.0. The number of para-hydroxylation sites is 2. The van der Waals surface area contributed by atoms with Gasteiger partial charge in [-0.1, -0.05) is 42.5 Å². The summed E-state index contributed by atoms with van der Waals surface area (Å²) in [6, 6.07) is 19.9. The lowest BCUT2D eigenvalue weighted by molar-refractivity contribution is 0.341. The highest BCUT2D eigenvalue weighted by Crippen LogP contribution is 2.25. The number of nitrogens with one attached hydrogen (secondary N) is 1. The zero-order valence-electron chi connectivity index (χ0n) is 11.5. The number of nitrogens with zero attached hydrogens (tertiary/aromatic N) is 1. The van der Waals surface area contributed by atoms with Gasteiger partial charge in [0.15, 0.2) is 0 Å². The van der Waals surface area contributed by atoms with Crippen LogP contribution >= 0.6 is 0 Å². The summed E-state index contributed by atoms with van der Waals surface area (Å²) in [6.45, 7) is 3.14. The molecule has 0 aliphatic carbocycles. The van der Waals surface area contributed by atoms with Crippen LogP contribution in [0, 0.1) is 11.3 Å². The molecule has 0 spiro atoms. The number of benzene rings is 2. The molecule has 0 amide bonds. The minimum atomic E-state index is -0.175. The molecule has 20 heavy (non-hydrogen) atoms. The Kier molecular flexibility index (Phi) is 5.02. The van der Waals surface area contributed by atoms with Gasteiger partial charge >= 0.3 is 0 Å². The molecule has 0 aromatic heterocycles. The van der Waals surface area contributed by atoms with E-state index in [-0.39, 0.29) is 5.92 Å². The van der Waals surface area contributed by atoms with Crippen molar-refractivity contribution in [1.82, 2.24) is 0 Å². The van der Waals surface area contributed by atoms with Crippen LogP contribution in [0.25, 0.3) is 0 Å². The summed E-state index contributed by atoms with van der Waals surface area (Å²) in [5.74, 6) is 0.644. The molecule has 0 heterocycles. The Morgan fingerprint density at radius 2 is 1.80 bits per heavy atom. The van der Waals surface area contributed by atoms with Gasteiger partial charge in [-0.3, -0.25) is 0 Å². The molecule has 0 aliphatic rings. The summed E-state index contributed by atoms with van der Waals surface area (Å²) >= 11 is 0. The minimum absolute atomic E-state index is 0.175. The van der Waals surface area contributed by atoms with Crippen molar-refractivity contribution in [2.45, 2.75) is 12.8 Å². The molecule has 2 aromatic carbocycles. The molecule has 3 nitrogen and oxygen atoms in total. The Balaban J connectivity index is 2.06. The van der Waals surface area contributed by atoms with E-state index in [1.807, 2.05) is 61.5 Å². The average molecular weight is 266 g/mol. The van der Waals surface area contributed by atoms with Gasteiger partial charge in [0.05, 0.1) is 24.3 Å². The second-order valence-electron chi connectivity index (χ2n) is 4.40. The first-order valence-corrected chi connectivity index (χ1v) is 6.75. The van der Waals surface area contributed by atoms with E-state index in [9.17, 15) is 5.26 Å². The molecule has 1 atom stereocenters. The van der Waals surface area contributed by atoms with Crippen LogP contribution in [-0.4, -0.2) is 13.2 Å². The van der Waals surface area contributed by atoms with Crippen molar-refractivity contribution >= 4 is 5.69 Å². The monoisotopic (exact) mass is 266 g/mol. The molecule has 1 unspecified atom stereocenters. The Bertz CT molecular complexity index is 575. The molecule has 102 valence electrons. The number of anilines is 1. The molecule has 1 N–H and O–H groups in total. The van der Waals surface area contributed by atoms with E-state index < -0.39 is 0 Å². The lowest BCUT2D eigenvalue weighted by atomic mass is 10.0. The van der Waals surface area contributed by atoms with Gasteiger partial charge in [-0.05, 0) is 24.6 Å². The van der Waals surface area contributed by atoms with Crippen LogP contribution in [-0.2, 0) is 0 Å².